The third-order valence-electron chi connectivity index (χ3n) is 4.72. The summed E-state index contributed by atoms with van der Waals surface area (Å²) < 4.78 is 5.67. The van der Waals surface area contributed by atoms with Gasteiger partial charge in [-0.25, -0.2) is 0 Å². The first kappa shape index (κ1) is 17.5. The van der Waals surface area contributed by atoms with Gasteiger partial charge in [-0.3, -0.25) is 4.79 Å². The van der Waals surface area contributed by atoms with E-state index in [-0.39, 0.29) is 17.9 Å². The minimum absolute atomic E-state index is 0.0276. The fourth-order valence-corrected chi connectivity index (χ4v) is 3.20. The molecule has 1 amide bonds. The van der Waals surface area contributed by atoms with E-state index >= 15 is 0 Å². The Balaban J connectivity index is 1.54. The lowest BCUT2D eigenvalue weighted by molar-refractivity contribution is -0.118. The number of anilines is 1. The number of amides is 1. The quantitative estimate of drug-likeness (QED) is 0.863. The number of hydrogen-bond donors (Lipinski definition) is 1. The van der Waals surface area contributed by atoms with Gasteiger partial charge in [-0.15, -0.1) is 0 Å². The van der Waals surface area contributed by atoms with Gasteiger partial charge < -0.3 is 10.1 Å². The molecule has 0 saturated heterocycles. The molecule has 2 aromatic rings. The highest BCUT2D eigenvalue weighted by atomic mass is 16.5. The number of fused-ring (bicyclic) bond motifs is 1. The van der Waals surface area contributed by atoms with Crippen LogP contribution in [0.15, 0.2) is 42.5 Å². The second-order valence-electron chi connectivity index (χ2n) is 7.80. The smallest absolute Gasteiger partial charge is 0.262 e. The van der Waals surface area contributed by atoms with Gasteiger partial charge >= 0.3 is 0 Å². The maximum absolute atomic E-state index is 12.1. The van der Waals surface area contributed by atoms with Crippen molar-refractivity contribution in [2.45, 2.75) is 51.9 Å². The van der Waals surface area contributed by atoms with Crippen LogP contribution in [0.5, 0.6) is 5.75 Å². The Morgan fingerprint density at radius 2 is 1.68 bits per heavy atom. The first-order chi connectivity index (χ1) is 11.9. The molecule has 3 rings (SSSR count). The van der Waals surface area contributed by atoms with Gasteiger partial charge in [0.2, 0.25) is 0 Å². The highest BCUT2D eigenvalue weighted by Crippen LogP contribution is 2.26. The van der Waals surface area contributed by atoms with Crippen molar-refractivity contribution < 1.29 is 9.53 Å². The van der Waals surface area contributed by atoms with Crippen LogP contribution in [-0.2, 0) is 23.1 Å². The van der Waals surface area contributed by atoms with E-state index in [1.807, 2.05) is 18.2 Å². The van der Waals surface area contributed by atoms with E-state index in [0.717, 1.165) is 24.3 Å². The number of carbonyl (C=O) groups is 1. The monoisotopic (exact) mass is 337 g/mol. The van der Waals surface area contributed by atoms with E-state index in [2.05, 4.69) is 50.4 Å². The largest absolute Gasteiger partial charge is 0.484 e. The minimum atomic E-state index is -0.138. The van der Waals surface area contributed by atoms with Crippen LogP contribution < -0.4 is 10.1 Å². The molecule has 0 radical (unpaired) electrons. The van der Waals surface area contributed by atoms with Gasteiger partial charge in [-0.1, -0.05) is 39.0 Å². The predicted molar refractivity (Wildman–Crippen MR) is 102 cm³/mol. The maximum atomic E-state index is 12.1. The van der Waals surface area contributed by atoms with E-state index in [1.54, 1.807) is 0 Å². The summed E-state index contributed by atoms with van der Waals surface area (Å²) in [5, 5.41) is 2.89. The molecule has 1 N–H and O–H groups in total. The van der Waals surface area contributed by atoms with Crippen molar-refractivity contribution in [1.82, 2.24) is 0 Å². The zero-order valence-electron chi connectivity index (χ0n) is 15.4. The lowest BCUT2D eigenvalue weighted by Crippen LogP contribution is -2.20. The lowest BCUT2D eigenvalue weighted by Gasteiger charge is -2.19. The Kier molecular flexibility index (Phi) is 5.12. The fourth-order valence-electron chi connectivity index (χ4n) is 3.20. The van der Waals surface area contributed by atoms with Gasteiger partial charge in [0, 0.05) is 5.69 Å². The molecular weight excluding hydrogens is 310 g/mol. The molecule has 2 aromatic carbocycles. The lowest BCUT2D eigenvalue weighted by atomic mass is 9.87. The average Bonchev–Trinajstić information content (AvgIpc) is 2.59. The molecule has 3 heteroatoms. The summed E-state index contributed by atoms with van der Waals surface area (Å²) in [5.41, 5.74) is 4.93. The van der Waals surface area contributed by atoms with Crippen LogP contribution in [0.2, 0.25) is 0 Å². The average molecular weight is 337 g/mol. The van der Waals surface area contributed by atoms with Gasteiger partial charge in [0.15, 0.2) is 6.61 Å². The van der Waals surface area contributed by atoms with E-state index in [0.29, 0.717) is 0 Å². The molecule has 25 heavy (non-hydrogen) atoms. The van der Waals surface area contributed by atoms with Crippen molar-refractivity contribution in [3.63, 3.8) is 0 Å². The Labute approximate surface area is 150 Å². The molecule has 0 unspecified atom stereocenters. The molecule has 132 valence electrons. The standard InChI is InChI=1S/C22H27NO2/c1-22(2,3)18-9-11-19(12-10-18)23-21(24)15-25-20-13-8-16-6-4-5-7-17(16)14-20/h8-14H,4-7,15H2,1-3H3,(H,23,24). The van der Waals surface area contributed by atoms with Crippen LogP contribution in [0, 0.1) is 0 Å². The van der Waals surface area contributed by atoms with Crippen LogP contribution >= 0.6 is 0 Å². The third kappa shape index (κ3) is 4.62. The third-order valence-corrected chi connectivity index (χ3v) is 4.72. The molecular formula is C22H27NO2. The van der Waals surface area contributed by atoms with Crippen molar-refractivity contribution >= 4 is 11.6 Å². The summed E-state index contributed by atoms with van der Waals surface area (Å²) in [6.07, 6.45) is 4.77. The summed E-state index contributed by atoms with van der Waals surface area (Å²) in [6.45, 7) is 6.55. The Hall–Kier alpha value is -2.29. The second kappa shape index (κ2) is 7.30. The topological polar surface area (TPSA) is 38.3 Å². The number of ether oxygens (including phenoxy) is 1. The summed E-state index contributed by atoms with van der Waals surface area (Å²) in [4.78, 5) is 12.1. The molecule has 3 nitrogen and oxygen atoms in total. The summed E-state index contributed by atoms with van der Waals surface area (Å²) in [7, 11) is 0. The van der Waals surface area contributed by atoms with Crippen molar-refractivity contribution in [3.8, 4) is 5.75 Å². The summed E-state index contributed by atoms with van der Waals surface area (Å²) in [6, 6.07) is 14.2. The first-order valence-corrected chi connectivity index (χ1v) is 9.07. The zero-order chi connectivity index (χ0) is 17.9. The molecule has 0 aromatic heterocycles. The number of nitrogens with one attached hydrogen (secondary N) is 1. The summed E-state index contributed by atoms with van der Waals surface area (Å²) in [5.74, 6) is 0.639. The number of rotatable bonds is 4. The Morgan fingerprint density at radius 1 is 1.00 bits per heavy atom. The fraction of sp³-hybridized carbons (Fsp3) is 0.409. The molecule has 0 saturated carbocycles. The number of benzene rings is 2. The number of aryl methyl sites for hydroxylation is 2. The van der Waals surface area contributed by atoms with E-state index in [4.69, 9.17) is 4.74 Å². The molecule has 0 aliphatic heterocycles. The van der Waals surface area contributed by atoms with Gasteiger partial charge in [0.25, 0.3) is 5.91 Å². The van der Waals surface area contributed by atoms with Crippen LogP contribution in [0.4, 0.5) is 5.69 Å². The molecule has 0 heterocycles. The van der Waals surface area contributed by atoms with Crippen molar-refractivity contribution in [1.29, 1.82) is 0 Å². The first-order valence-electron chi connectivity index (χ1n) is 9.07. The van der Waals surface area contributed by atoms with Crippen molar-refractivity contribution in [2.24, 2.45) is 0 Å². The van der Waals surface area contributed by atoms with Gasteiger partial charge in [-0.05, 0) is 72.1 Å². The van der Waals surface area contributed by atoms with Crippen LogP contribution in [0.1, 0.15) is 50.3 Å². The van der Waals surface area contributed by atoms with Gasteiger partial charge in [0.05, 0.1) is 0 Å². The van der Waals surface area contributed by atoms with Crippen LogP contribution in [0.3, 0.4) is 0 Å². The molecule has 0 fully saturated rings. The Morgan fingerprint density at radius 3 is 2.36 bits per heavy atom. The van der Waals surface area contributed by atoms with Crippen molar-refractivity contribution in [3.05, 3.63) is 59.2 Å². The van der Waals surface area contributed by atoms with E-state index in [9.17, 15) is 4.79 Å². The van der Waals surface area contributed by atoms with Gasteiger partial charge in [-0.2, -0.15) is 0 Å². The van der Waals surface area contributed by atoms with Crippen LogP contribution in [0.25, 0.3) is 0 Å². The zero-order valence-corrected chi connectivity index (χ0v) is 15.4. The Bertz CT molecular complexity index is 742. The van der Waals surface area contributed by atoms with E-state index in [1.165, 1.54) is 29.5 Å². The molecule has 1 aliphatic carbocycles. The predicted octanol–water partition coefficient (Wildman–Crippen LogP) is 4.88. The molecule has 0 spiro atoms. The van der Waals surface area contributed by atoms with Crippen LogP contribution in [-0.4, -0.2) is 12.5 Å². The maximum Gasteiger partial charge on any atom is 0.262 e. The van der Waals surface area contributed by atoms with Gasteiger partial charge in [0.1, 0.15) is 5.75 Å². The second-order valence-corrected chi connectivity index (χ2v) is 7.80. The highest BCUT2D eigenvalue weighted by molar-refractivity contribution is 5.91. The van der Waals surface area contributed by atoms with E-state index < -0.39 is 0 Å². The molecule has 1 aliphatic rings. The molecule has 0 atom stereocenters. The summed E-state index contributed by atoms with van der Waals surface area (Å²) >= 11 is 0. The SMILES string of the molecule is CC(C)(C)c1ccc(NC(=O)COc2ccc3c(c2)CCCC3)cc1. The number of hydrogen-bond acceptors (Lipinski definition) is 2. The normalized spacial score (nSPS) is 13.9. The molecule has 0 bridgehead atoms. The highest BCUT2D eigenvalue weighted by Gasteiger charge is 2.14. The van der Waals surface area contributed by atoms with Crippen molar-refractivity contribution in [2.75, 3.05) is 11.9 Å². The number of carbonyl (C=O) groups excluding carboxylic acids is 1. The minimum Gasteiger partial charge on any atom is -0.484 e.